The molecule has 1 aromatic rings. The van der Waals surface area contributed by atoms with E-state index in [1.165, 1.54) is 0 Å². The molecule has 1 aromatic carbocycles. The third-order valence-corrected chi connectivity index (χ3v) is 6.53. The average Bonchev–Trinajstić information content (AvgIpc) is 2.45. The molecule has 0 aliphatic carbocycles. The van der Waals surface area contributed by atoms with Gasteiger partial charge in [-0.2, -0.15) is 0 Å². The second kappa shape index (κ2) is 8.14. The Morgan fingerprint density at radius 1 is 1.14 bits per heavy atom. The summed E-state index contributed by atoms with van der Waals surface area (Å²) in [4.78, 5) is 1.98. The molecule has 0 aliphatic heterocycles. The number of aliphatic hydroxyl groups excluding tert-OH is 1. The fraction of sp³-hybridized carbons (Fsp3) is 0.647. The van der Waals surface area contributed by atoms with Gasteiger partial charge in [-0.25, -0.2) is 0 Å². The predicted molar refractivity (Wildman–Crippen MR) is 94.3 cm³/mol. The summed E-state index contributed by atoms with van der Waals surface area (Å²) in [6.07, 6.45) is 0.824. The third kappa shape index (κ3) is 4.84. The summed E-state index contributed by atoms with van der Waals surface area (Å²) in [5.74, 6) is -0.635. The van der Waals surface area contributed by atoms with Crippen LogP contribution in [-0.2, 0) is 9.09 Å². The van der Waals surface area contributed by atoms with Crippen LogP contribution in [0, 0.1) is 11.8 Å². The molecule has 0 amide bonds. The molecule has 0 saturated carbocycles. The van der Waals surface area contributed by atoms with E-state index < -0.39 is 13.2 Å². The molecule has 0 aliphatic rings. The molecule has 2 atom stereocenters. The Kier molecular flexibility index (Phi) is 7.11. The Morgan fingerprint density at radius 3 is 2.09 bits per heavy atom. The molecule has 0 aromatic heterocycles. The molecule has 0 bridgehead atoms. The van der Waals surface area contributed by atoms with E-state index in [0.717, 1.165) is 12.1 Å². The molecule has 4 nitrogen and oxygen atoms in total. The predicted octanol–water partition coefficient (Wildman–Crippen LogP) is 3.69. The molecule has 5 heteroatoms. The van der Waals surface area contributed by atoms with E-state index in [0.29, 0.717) is 17.8 Å². The van der Waals surface area contributed by atoms with Crippen LogP contribution in [0.4, 0.5) is 5.69 Å². The van der Waals surface area contributed by atoms with Crippen LogP contribution < -0.4 is 10.2 Å². The quantitative estimate of drug-likeness (QED) is 0.740. The fourth-order valence-electron chi connectivity index (χ4n) is 2.08. The first kappa shape index (κ1) is 19.2. The number of nitrogens with zero attached hydrogens (tertiary/aromatic N) is 1. The van der Waals surface area contributed by atoms with Crippen molar-refractivity contribution in [1.82, 2.24) is 0 Å². The Bertz CT molecular complexity index is 497. The van der Waals surface area contributed by atoms with Crippen LogP contribution in [0.25, 0.3) is 0 Å². The lowest BCUT2D eigenvalue weighted by Gasteiger charge is -2.27. The molecular weight excluding hydrogens is 297 g/mol. The maximum Gasteiger partial charge on any atom is 0.259 e. The highest BCUT2D eigenvalue weighted by Crippen LogP contribution is 2.52. The van der Waals surface area contributed by atoms with Gasteiger partial charge >= 0.3 is 0 Å². The van der Waals surface area contributed by atoms with Crippen LogP contribution in [0.5, 0.6) is 0 Å². The Hall–Kier alpha value is -0.830. The molecule has 0 spiro atoms. The maximum absolute atomic E-state index is 13.3. The van der Waals surface area contributed by atoms with Gasteiger partial charge in [-0.1, -0.05) is 27.7 Å². The molecule has 1 rings (SSSR count). The van der Waals surface area contributed by atoms with Crippen molar-refractivity contribution >= 4 is 18.4 Å². The van der Waals surface area contributed by atoms with Gasteiger partial charge in [0.25, 0.3) is 7.37 Å². The molecule has 22 heavy (non-hydrogen) atoms. The zero-order chi connectivity index (χ0) is 16.9. The number of hydrogen-bond donors (Lipinski definition) is 1. The van der Waals surface area contributed by atoms with Gasteiger partial charge in [0.05, 0.1) is 6.61 Å². The minimum Gasteiger partial charge on any atom is -0.382 e. The van der Waals surface area contributed by atoms with Crippen molar-refractivity contribution in [2.75, 3.05) is 25.6 Å². The van der Waals surface area contributed by atoms with E-state index in [9.17, 15) is 9.67 Å². The molecule has 0 fully saturated rings. The van der Waals surface area contributed by atoms with E-state index in [-0.39, 0.29) is 5.92 Å². The number of hydrogen-bond acceptors (Lipinski definition) is 4. The van der Waals surface area contributed by atoms with Gasteiger partial charge in [0.1, 0.15) is 5.85 Å². The van der Waals surface area contributed by atoms with Crippen molar-refractivity contribution in [3.63, 3.8) is 0 Å². The average molecular weight is 327 g/mol. The first-order chi connectivity index (χ1) is 10.2. The molecule has 126 valence electrons. The zero-order valence-corrected chi connectivity index (χ0v) is 15.5. The van der Waals surface area contributed by atoms with Gasteiger partial charge in [0.15, 0.2) is 0 Å². The molecule has 0 radical (unpaired) electrons. The molecule has 0 unspecified atom stereocenters. The summed E-state index contributed by atoms with van der Waals surface area (Å²) in [5.41, 5.74) is 1.02. The fourth-order valence-corrected chi connectivity index (χ4v) is 4.41. The highest BCUT2D eigenvalue weighted by Gasteiger charge is 2.37. The highest BCUT2D eigenvalue weighted by molar-refractivity contribution is 7.67. The lowest BCUT2D eigenvalue weighted by atomic mass is 10.2. The standard InChI is InChI=1S/C17H30NO3P/c1-13(2)11-12-21-22(20,17(19)14(3)4)16-9-7-15(8-10-16)18(5)6/h7-10,13-14,17,19H,11-12H2,1-6H3/t17-,22-/m1/s1. The topological polar surface area (TPSA) is 49.8 Å². The van der Waals surface area contributed by atoms with E-state index in [1.807, 2.05) is 45.0 Å². The van der Waals surface area contributed by atoms with Crippen LogP contribution in [-0.4, -0.2) is 31.7 Å². The maximum atomic E-state index is 13.3. The van der Waals surface area contributed by atoms with Gasteiger partial charge in [0.2, 0.25) is 0 Å². The Labute approximate surface area is 134 Å². The van der Waals surface area contributed by atoms with Crippen LogP contribution in [0.2, 0.25) is 0 Å². The lowest BCUT2D eigenvalue weighted by Crippen LogP contribution is -2.24. The van der Waals surface area contributed by atoms with Crippen LogP contribution in [0.1, 0.15) is 34.1 Å². The number of anilines is 1. The minimum absolute atomic E-state index is 0.126. The second-order valence-electron chi connectivity index (χ2n) is 6.68. The van der Waals surface area contributed by atoms with E-state index in [2.05, 4.69) is 13.8 Å². The van der Waals surface area contributed by atoms with Gasteiger partial charge in [-0.3, -0.25) is 4.57 Å². The number of benzene rings is 1. The Morgan fingerprint density at radius 2 is 1.68 bits per heavy atom. The zero-order valence-electron chi connectivity index (χ0n) is 14.6. The first-order valence-corrected chi connectivity index (χ1v) is 9.58. The third-order valence-electron chi connectivity index (χ3n) is 3.65. The van der Waals surface area contributed by atoms with Crippen molar-refractivity contribution in [2.24, 2.45) is 11.8 Å². The van der Waals surface area contributed by atoms with Gasteiger partial charge in [0, 0.05) is 25.1 Å². The van der Waals surface area contributed by atoms with Crippen molar-refractivity contribution in [3.05, 3.63) is 24.3 Å². The van der Waals surface area contributed by atoms with E-state index in [4.69, 9.17) is 4.52 Å². The Balaban J connectivity index is 3.06. The summed E-state index contributed by atoms with van der Waals surface area (Å²) in [7, 11) is 0.622. The SMILES string of the molecule is CC(C)CCO[P@](=O)(c1ccc(N(C)C)cc1)[C@@H](O)C(C)C. The van der Waals surface area contributed by atoms with Crippen molar-refractivity contribution < 1.29 is 14.2 Å². The second-order valence-corrected chi connectivity index (χ2v) is 9.18. The summed E-state index contributed by atoms with van der Waals surface area (Å²) in [6.45, 7) is 8.31. The van der Waals surface area contributed by atoms with Gasteiger partial charge in [-0.15, -0.1) is 0 Å². The number of rotatable bonds is 8. The summed E-state index contributed by atoms with van der Waals surface area (Å²) >= 11 is 0. The van der Waals surface area contributed by atoms with Crippen molar-refractivity contribution in [3.8, 4) is 0 Å². The van der Waals surface area contributed by atoms with E-state index in [1.54, 1.807) is 12.1 Å². The molecular formula is C17H30NO3P. The highest BCUT2D eigenvalue weighted by atomic mass is 31.2. The molecule has 1 N–H and O–H groups in total. The van der Waals surface area contributed by atoms with Gasteiger partial charge in [-0.05, 0) is 42.5 Å². The van der Waals surface area contributed by atoms with Crippen molar-refractivity contribution in [2.45, 2.75) is 40.0 Å². The molecule has 0 heterocycles. The van der Waals surface area contributed by atoms with Crippen LogP contribution in [0.3, 0.4) is 0 Å². The first-order valence-electron chi connectivity index (χ1n) is 7.88. The van der Waals surface area contributed by atoms with Crippen LogP contribution >= 0.6 is 7.37 Å². The monoisotopic (exact) mass is 327 g/mol. The molecule has 0 saturated heterocycles. The van der Waals surface area contributed by atoms with Gasteiger partial charge < -0.3 is 14.5 Å². The lowest BCUT2D eigenvalue weighted by molar-refractivity contribution is 0.169. The summed E-state index contributed by atoms with van der Waals surface area (Å²) in [5, 5.41) is 11.0. The smallest absolute Gasteiger partial charge is 0.259 e. The normalized spacial score (nSPS) is 15.9. The number of aliphatic hydroxyl groups is 1. The minimum atomic E-state index is -3.29. The van der Waals surface area contributed by atoms with Crippen molar-refractivity contribution in [1.29, 1.82) is 0 Å². The van der Waals surface area contributed by atoms with E-state index >= 15 is 0 Å². The van der Waals surface area contributed by atoms with Crippen LogP contribution in [0.15, 0.2) is 24.3 Å². The summed E-state index contributed by atoms with van der Waals surface area (Å²) < 4.78 is 19.1. The summed E-state index contributed by atoms with van der Waals surface area (Å²) in [6, 6.07) is 7.41. The largest absolute Gasteiger partial charge is 0.382 e.